The van der Waals surface area contributed by atoms with Gasteiger partial charge in [0.05, 0.1) is 17.5 Å². The van der Waals surface area contributed by atoms with Gasteiger partial charge in [-0.2, -0.15) is 0 Å². The minimum atomic E-state index is -3.50. The van der Waals surface area contributed by atoms with Gasteiger partial charge in [0, 0.05) is 19.8 Å². The highest BCUT2D eigenvalue weighted by atomic mass is 32.2. The van der Waals surface area contributed by atoms with E-state index in [4.69, 9.17) is 0 Å². The highest BCUT2D eigenvalue weighted by molar-refractivity contribution is 7.89. The molecule has 0 radical (unpaired) electrons. The maximum absolute atomic E-state index is 12.5. The summed E-state index contributed by atoms with van der Waals surface area (Å²) in [5, 5.41) is 6.11. The fourth-order valence-corrected chi connectivity index (χ4v) is 3.94. The van der Waals surface area contributed by atoms with E-state index in [1.807, 2.05) is 60.7 Å². The van der Waals surface area contributed by atoms with Crippen molar-refractivity contribution in [3.8, 4) is 0 Å². The van der Waals surface area contributed by atoms with Crippen molar-refractivity contribution in [1.29, 1.82) is 0 Å². The van der Waals surface area contributed by atoms with E-state index in [1.54, 1.807) is 12.1 Å². The lowest BCUT2D eigenvalue weighted by atomic mass is 9.99. The van der Waals surface area contributed by atoms with E-state index in [-0.39, 0.29) is 23.4 Å². The average molecular weight is 424 g/mol. The lowest BCUT2D eigenvalue weighted by molar-refractivity contribution is -0.115. The first kappa shape index (κ1) is 21.7. The molecule has 7 heteroatoms. The molecule has 0 saturated carbocycles. The number of anilines is 1. The molecule has 0 bridgehead atoms. The first-order valence-electron chi connectivity index (χ1n) is 9.53. The molecule has 3 rings (SSSR count). The second-order valence-electron chi connectivity index (χ2n) is 7.00. The maximum atomic E-state index is 12.5. The second-order valence-corrected chi connectivity index (χ2v) is 9.15. The Labute approximate surface area is 177 Å². The van der Waals surface area contributed by atoms with Gasteiger partial charge in [-0.1, -0.05) is 60.7 Å². The van der Waals surface area contributed by atoms with Crippen LogP contribution in [0.5, 0.6) is 0 Å². The van der Waals surface area contributed by atoms with Gasteiger partial charge in [0.2, 0.25) is 15.9 Å². The minimum absolute atomic E-state index is 0.103. The molecule has 0 unspecified atom stereocenters. The Morgan fingerprint density at radius 3 is 1.80 bits per heavy atom. The molecular weight excluding hydrogens is 398 g/mol. The molecule has 3 aromatic carbocycles. The Morgan fingerprint density at radius 1 is 0.833 bits per heavy atom. The van der Waals surface area contributed by atoms with E-state index in [0.29, 0.717) is 5.69 Å². The molecule has 0 aliphatic heterocycles. The molecule has 6 nitrogen and oxygen atoms in total. The molecule has 0 fully saturated rings. The molecule has 0 aromatic heterocycles. The number of hydrogen-bond acceptors (Lipinski definition) is 4. The molecule has 1 amide bonds. The molecule has 0 aliphatic rings. The number of nitrogens with one attached hydrogen (secondary N) is 2. The van der Waals surface area contributed by atoms with Crippen LogP contribution in [0.2, 0.25) is 0 Å². The van der Waals surface area contributed by atoms with E-state index >= 15 is 0 Å². The van der Waals surface area contributed by atoms with Gasteiger partial charge in [-0.15, -0.1) is 0 Å². The van der Waals surface area contributed by atoms with Gasteiger partial charge >= 0.3 is 0 Å². The molecule has 2 N–H and O–H groups in total. The average Bonchev–Trinajstić information content (AvgIpc) is 2.76. The third kappa shape index (κ3) is 5.33. The first-order chi connectivity index (χ1) is 14.4. The minimum Gasteiger partial charge on any atom is -0.325 e. The van der Waals surface area contributed by atoms with Gasteiger partial charge in [0.25, 0.3) is 0 Å². The van der Waals surface area contributed by atoms with Gasteiger partial charge in [-0.05, 0) is 35.4 Å². The second kappa shape index (κ2) is 9.67. The highest BCUT2D eigenvalue weighted by Crippen LogP contribution is 2.21. The van der Waals surface area contributed by atoms with Crippen LogP contribution >= 0.6 is 0 Å². The van der Waals surface area contributed by atoms with Crippen molar-refractivity contribution in [3.63, 3.8) is 0 Å². The standard InChI is InChI=1S/C23H25N3O3S/c1-26(2)30(28,29)21-15-13-20(14-16-21)25-22(27)17-24-23(18-9-5-3-6-10-18)19-11-7-4-8-12-19/h3-16,23-24H,17H2,1-2H3,(H,25,27). The fraction of sp³-hybridized carbons (Fsp3) is 0.174. The van der Waals surface area contributed by atoms with E-state index in [1.165, 1.54) is 26.2 Å². The van der Waals surface area contributed by atoms with Crippen molar-refractivity contribution >= 4 is 21.6 Å². The summed E-state index contributed by atoms with van der Waals surface area (Å²) in [5.41, 5.74) is 2.67. The SMILES string of the molecule is CN(C)S(=O)(=O)c1ccc(NC(=O)CNC(c2ccccc2)c2ccccc2)cc1. The summed E-state index contributed by atoms with van der Waals surface area (Å²) < 4.78 is 25.4. The van der Waals surface area contributed by atoms with Crippen LogP contribution in [0.15, 0.2) is 89.8 Å². The van der Waals surface area contributed by atoms with Gasteiger partial charge in [0.1, 0.15) is 0 Å². The number of benzene rings is 3. The number of nitrogens with zero attached hydrogens (tertiary/aromatic N) is 1. The van der Waals surface area contributed by atoms with Crippen molar-refractivity contribution < 1.29 is 13.2 Å². The van der Waals surface area contributed by atoms with Crippen LogP contribution in [0.1, 0.15) is 17.2 Å². The predicted octanol–water partition coefficient (Wildman–Crippen LogP) is 3.25. The van der Waals surface area contributed by atoms with Crippen LogP contribution < -0.4 is 10.6 Å². The molecule has 0 atom stereocenters. The molecule has 3 aromatic rings. The Morgan fingerprint density at radius 2 is 1.33 bits per heavy atom. The van der Waals surface area contributed by atoms with Crippen LogP contribution in [0.4, 0.5) is 5.69 Å². The topological polar surface area (TPSA) is 78.5 Å². The molecule has 30 heavy (non-hydrogen) atoms. The van der Waals surface area contributed by atoms with E-state index in [2.05, 4.69) is 10.6 Å². The quantitative estimate of drug-likeness (QED) is 0.583. The summed E-state index contributed by atoms with van der Waals surface area (Å²) in [4.78, 5) is 12.6. The number of amides is 1. The van der Waals surface area contributed by atoms with Gasteiger partial charge in [-0.3, -0.25) is 10.1 Å². The third-order valence-electron chi connectivity index (χ3n) is 4.65. The number of carbonyl (C=O) groups is 1. The number of carbonyl (C=O) groups excluding carboxylic acids is 1. The Bertz CT molecular complexity index is 1030. The summed E-state index contributed by atoms with van der Waals surface area (Å²) in [6, 6.07) is 25.9. The molecule has 156 valence electrons. The van der Waals surface area contributed by atoms with Gasteiger partial charge in [0.15, 0.2) is 0 Å². The van der Waals surface area contributed by atoms with Crippen molar-refractivity contribution in [3.05, 3.63) is 96.1 Å². The first-order valence-corrected chi connectivity index (χ1v) is 11.0. The largest absolute Gasteiger partial charge is 0.325 e. The monoisotopic (exact) mass is 423 g/mol. The lowest BCUT2D eigenvalue weighted by Crippen LogP contribution is -2.32. The van der Waals surface area contributed by atoms with Crippen LogP contribution in [-0.2, 0) is 14.8 Å². The summed E-state index contributed by atoms with van der Waals surface area (Å²) in [6.07, 6.45) is 0. The smallest absolute Gasteiger partial charge is 0.242 e. The van der Waals surface area contributed by atoms with Gasteiger partial charge in [-0.25, -0.2) is 12.7 Å². The zero-order valence-corrected chi connectivity index (χ0v) is 17.8. The maximum Gasteiger partial charge on any atom is 0.242 e. The van der Waals surface area contributed by atoms with Crippen LogP contribution in [0.3, 0.4) is 0 Å². The van der Waals surface area contributed by atoms with E-state index in [9.17, 15) is 13.2 Å². The molecular formula is C23H25N3O3S. The number of rotatable bonds is 8. The van der Waals surface area contributed by atoms with Crippen LogP contribution in [0, 0.1) is 0 Å². The fourth-order valence-electron chi connectivity index (χ4n) is 3.04. The van der Waals surface area contributed by atoms with Crippen molar-refractivity contribution in [2.75, 3.05) is 26.0 Å². The lowest BCUT2D eigenvalue weighted by Gasteiger charge is -2.20. The zero-order valence-electron chi connectivity index (χ0n) is 16.9. The van der Waals surface area contributed by atoms with E-state index < -0.39 is 10.0 Å². The van der Waals surface area contributed by atoms with Crippen molar-refractivity contribution in [2.45, 2.75) is 10.9 Å². The molecule has 0 saturated heterocycles. The highest BCUT2D eigenvalue weighted by Gasteiger charge is 2.17. The molecule has 0 heterocycles. The molecule has 0 spiro atoms. The Balaban J connectivity index is 1.66. The summed E-state index contributed by atoms with van der Waals surface area (Å²) in [6.45, 7) is 0.103. The zero-order chi connectivity index (χ0) is 21.6. The van der Waals surface area contributed by atoms with Gasteiger partial charge < -0.3 is 5.32 Å². The Kier molecular flexibility index (Phi) is 6.99. The molecule has 0 aliphatic carbocycles. The van der Waals surface area contributed by atoms with Crippen molar-refractivity contribution in [1.82, 2.24) is 9.62 Å². The number of sulfonamides is 1. The normalized spacial score (nSPS) is 11.6. The van der Waals surface area contributed by atoms with Crippen LogP contribution in [0.25, 0.3) is 0 Å². The number of hydrogen-bond donors (Lipinski definition) is 2. The van der Waals surface area contributed by atoms with Crippen molar-refractivity contribution in [2.24, 2.45) is 0 Å². The van der Waals surface area contributed by atoms with Crippen LogP contribution in [-0.4, -0.2) is 39.3 Å². The third-order valence-corrected chi connectivity index (χ3v) is 6.48. The predicted molar refractivity (Wildman–Crippen MR) is 119 cm³/mol. The summed E-state index contributed by atoms with van der Waals surface area (Å²) >= 11 is 0. The summed E-state index contributed by atoms with van der Waals surface area (Å²) in [5.74, 6) is -0.213. The summed E-state index contributed by atoms with van der Waals surface area (Å²) in [7, 11) is -0.539. The van der Waals surface area contributed by atoms with E-state index in [0.717, 1.165) is 15.4 Å². The Hall–Kier alpha value is -3.00.